The van der Waals surface area contributed by atoms with E-state index in [2.05, 4.69) is 5.32 Å². The van der Waals surface area contributed by atoms with Gasteiger partial charge in [0.1, 0.15) is 12.4 Å². The van der Waals surface area contributed by atoms with E-state index >= 15 is 0 Å². The molecule has 2 aromatic rings. The van der Waals surface area contributed by atoms with Gasteiger partial charge in [-0.05, 0) is 30.9 Å². The van der Waals surface area contributed by atoms with Crippen molar-refractivity contribution in [3.05, 3.63) is 70.7 Å². The maximum absolute atomic E-state index is 12.5. The zero-order valence-electron chi connectivity index (χ0n) is 18.3. The number of ketones is 1. The minimum Gasteiger partial charge on any atom is -0.481 e. The fourth-order valence-electron chi connectivity index (χ4n) is 3.35. The van der Waals surface area contributed by atoms with Gasteiger partial charge < -0.3 is 15.2 Å². The van der Waals surface area contributed by atoms with Crippen LogP contribution in [0.25, 0.3) is 0 Å². The largest absolute Gasteiger partial charge is 0.481 e. The normalized spacial score (nSPS) is 12.6. The van der Waals surface area contributed by atoms with Crippen molar-refractivity contribution in [2.24, 2.45) is 11.8 Å². The Balaban J connectivity index is 1.65. The van der Waals surface area contributed by atoms with Crippen molar-refractivity contribution in [1.29, 1.82) is 0 Å². The molecule has 2 N–H and O–H groups in total. The lowest BCUT2D eigenvalue weighted by Crippen LogP contribution is -2.26. The molecular formula is C25H30ClNO5. The number of unbranched alkanes of at least 4 members (excludes halogenated alkanes) is 1. The highest BCUT2D eigenvalue weighted by atomic mass is 35.5. The minimum atomic E-state index is -0.961. The molecule has 0 saturated heterocycles. The molecule has 2 unspecified atom stereocenters. The Labute approximate surface area is 193 Å². The van der Waals surface area contributed by atoms with Crippen molar-refractivity contribution in [1.82, 2.24) is 5.32 Å². The molecule has 0 spiro atoms. The molecule has 0 bridgehead atoms. The highest BCUT2D eigenvalue weighted by molar-refractivity contribution is 6.31. The van der Waals surface area contributed by atoms with Gasteiger partial charge in [0.15, 0.2) is 0 Å². The second-order valence-electron chi connectivity index (χ2n) is 7.89. The molecule has 0 heterocycles. The van der Waals surface area contributed by atoms with E-state index in [1.165, 1.54) is 0 Å². The van der Waals surface area contributed by atoms with Crippen LogP contribution in [0.5, 0.6) is 0 Å². The predicted molar refractivity (Wildman–Crippen MR) is 124 cm³/mol. The Hall–Kier alpha value is -2.86. The van der Waals surface area contributed by atoms with E-state index in [-0.39, 0.29) is 24.7 Å². The number of alkyl carbamates (subject to hydrolysis) is 1. The summed E-state index contributed by atoms with van der Waals surface area (Å²) in [5.41, 5.74) is 1.78. The molecule has 2 rings (SSSR count). The molecule has 0 aliphatic heterocycles. The first-order valence-electron chi connectivity index (χ1n) is 10.8. The number of carbonyl (C=O) groups is 3. The SMILES string of the molecule is CC(Cc1ccccc1)C(=O)CC(CCCCNC(=O)OCc1ccccc1Cl)C(=O)O. The summed E-state index contributed by atoms with van der Waals surface area (Å²) in [4.78, 5) is 35.9. The Morgan fingerprint density at radius 1 is 1.03 bits per heavy atom. The Bertz CT molecular complexity index is 887. The van der Waals surface area contributed by atoms with Crippen LogP contribution in [0.2, 0.25) is 5.02 Å². The fraction of sp³-hybridized carbons (Fsp3) is 0.400. The first-order valence-corrected chi connectivity index (χ1v) is 11.2. The quantitative estimate of drug-likeness (QED) is 0.398. The maximum Gasteiger partial charge on any atom is 0.407 e. The third kappa shape index (κ3) is 9.10. The summed E-state index contributed by atoms with van der Waals surface area (Å²) in [7, 11) is 0. The molecule has 0 saturated carbocycles. The van der Waals surface area contributed by atoms with Crippen LogP contribution in [0.1, 0.15) is 43.7 Å². The molecule has 1 amide bonds. The van der Waals surface area contributed by atoms with E-state index in [4.69, 9.17) is 16.3 Å². The fourth-order valence-corrected chi connectivity index (χ4v) is 3.54. The van der Waals surface area contributed by atoms with E-state index in [0.717, 1.165) is 11.1 Å². The van der Waals surface area contributed by atoms with Crippen molar-refractivity contribution in [2.75, 3.05) is 6.54 Å². The number of rotatable bonds is 13. The molecule has 2 atom stereocenters. The van der Waals surface area contributed by atoms with Crippen LogP contribution in [0.15, 0.2) is 54.6 Å². The van der Waals surface area contributed by atoms with Crippen molar-refractivity contribution >= 4 is 29.4 Å². The number of hydrogen-bond acceptors (Lipinski definition) is 4. The summed E-state index contributed by atoms with van der Waals surface area (Å²) in [6.07, 6.45) is 1.64. The van der Waals surface area contributed by atoms with Gasteiger partial charge in [-0.1, -0.05) is 73.5 Å². The number of hydrogen-bond donors (Lipinski definition) is 2. The lowest BCUT2D eigenvalue weighted by Gasteiger charge is -2.15. The van der Waals surface area contributed by atoms with E-state index < -0.39 is 18.0 Å². The van der Waals surface area contributed by atoms with Crippen LogP contribution in [0.3, 0.4) is 0 Å². The third-order valence-corrected chi connectivity index (χ3v) is 5.67. The van der Waals surface area contributed by atoms with Crippen LogP contribution in [-0.2, 0) is 27.4 Å². The number of Topliss-reactive ketones (excluding diaryl/α,β-unsaturated/α-hetero) is 1. The molecule has 7 heteroatoms. The summed E-state index contributed by atoms with van der Waals surface area (Å²) in [5, 5.41) is 12.7. The Morgan fingerprint density at radius 3 is 2.41 bits per heavy atom. The number of carbonyl (C=O) groups excluding carboxylic acids is 2. The number of aliphatic carboxylic acids is 1. The van der Waals surface area contributed by atoms with Gasteiger partial charge in [0.05, 0.1) is 5.92 Å². The molecule has 172 valence electrons. The number of halogens is 1. The summed E-state index contributed by atoms with van der Waals surface area (Å²) >= 11 is 6.02. The third-order valence-electron chi connectivity index (χ3n) is 5.30. The predicted octanol–water partition coefficient (Wildman–Crippen LogP) is 5.28. The van der Waals surface area contributed by atoms with Gasteiger partial charge in [-0.3, -0.25) is 9.59 Å². The van der Waals surface area contributed by atoms with Gasteiger partial charge in [-0.15, -0.1) is 0 Å². The first kappa shape index (κ1) is 25.4. The molecule has 6 nitrogen and oxygen atoms in total. The zero-order chi connectivity index (χ0) is 23.3. The molecular weight excluding hydrogens is 430 g/mol. The number of ether oxygens (including phenoxy) is 1. The van der Waals surface area contributed by atoms with Crippen LogP contribution >= 0.6 is 11.6 Å². The highest BCUT2D eigenvalue weighted by Crippen LogP contribution is 2.19. The van der Waals surface area contributed by atoms with Crippen LogP contribution in [0.4, 0.5) is 4.79 Å². The maximum atomic E-state index is 12.5. The second-order valence-corrected chi connectivity index (χ2v) is 8.29. The lowest BCUT2D eigenvalue weighted by molar-refractivity contribution is -0.144. The topological polar surface area (TPSA) is 92.7 Å². The molecule has 0 aromatic heterocycles. The van der Waals surface area contributed by atoms with Crippen LogP contribution in [0, 0.1) is 11.8 Å². The van der Waals surface area contributed by atoms with Crippen LogP contribution < -0.4 is 5.32 Å². The van der Waals surface area contributed by atoms with Crippen LogP contribution in [-0.4, -0.2) is 29.5 Å². The average molecular weight is 460 g/mol. The Kier molecular flexibility index (Phi) is 10.7. The molecule has 2 aromatic carbocycles. The minimum absolute atomic E-state index is 0.0244. The van der Waals surface area contributed by atoms with Gasteiger partial charge >= 0.3 is 12.1 Å². The van der Waals surface area contributed by atoms with Gasteiger partial charge in [0.2, 0.25) is 0 Å². The lowest BCUT2D eigenvalue weighted by atomic mass is 9.88. The highest BCUT2D eigenvalue weighted by Gasteiger charge is 2.24. The van der Waals surface area contributed by atoms with E-state index in [1.807, 2.05) is 43.3 Å². The number of carboxylic acid groups (broad SMARTS) is 1. The van der Waals surface area contributed by atoms with E-state index in [1.54, 1.807) is 18.2 Å². The summed E-state index contributed by atoms with van der Waals surface area (Å²) < 4.78 is 5.13. The second kappa shape index (κ2) is 13.5. The van der Waals surface area contributed by atoms with Crippen molar-refractivity contribution in [3.63, 3.8) is 0 Å². The number of benzene rings is 2. The zero-order valence-corrected chi connectivity index (χ0v) is 19.0. The first-order chi connectivity index (χ1) is 15.4. The summed E-state index contributed by atoms with van der Waals surface area (Å²) in [6, 6.07) is 16.8. The van der Waals surface area contributed by atoms with Gasteiger partial charge in [0.25, 0.3) is 0 Å². The van der Waals surface area contributed by atoms with E-state index in [9.17, 15) is 19.5 Å². The number of amides is 1. The van der Waals surface area contributed by atoms with E-state index in [0.29, 0.717) is 37.3 Å². The monoisotopic (exact) mass is 459 g/mol. The average Bonchev–Trinajstić information content (AvgIpc) is 2.77. The summed E-state index contributed by atoms with van der Waals surface area (Å²) in [6.45, 7) is 2.29. The molecule has 0 radical (unpaired) electrons. The van der Waals surface area contributed by atoms with Crippen molar-refractivity contribution in [3.8, 4) is 0 Å². The van der Waals surface area contributed by atoms with Gasteiger partial charge in [0, 0.05) is 29.5 Å². The molecule has 0 aliphatic carbocycles. The summed E-state index contributed by atoms with van der Waals surface area (Å²) in [5.74, 6) is -1.94. The molecule has 0 aliphatic rings. The smallest absolute Gasteiger partial charge is 0.407 e. The van der Waals surface area contributed by atoms with Crippen molar-refractivity contribution in [2.45, 2.75) is 45.6 Å². The number of nitrogens with one attached hydrogen (secondary N) is 1. The van der Waals surface area contributed by atoms with Crippen molar-refractivity contribution < 1.29 is 24.2 Å². The standard InChI is InChI=1S/C25H30ClNO5/c1-18(15-19-9-3-2-4-10-19)23(28)16-20(24(29)30)11-7-8-14-27-25(31)32-17-21-12-5-6-13-22(21)26/h2-6,9-10,12-13,18,20H,7-8,11,14-17H2,1H3,(H,27,31)(H,29,30). The molecule has 0 fully saturated rings. The molecule has 32 heavy (non-hydrogen) atoms. The Morgan fingerprint density at radius 2 is 1.72 bits per heavy atom. The van der Waals surface area contributed by atoms with Gasteiger partial charge in [-0.2, -0.15) is 0 Å². The number of carboxylic acids is 1. The van der Waals surface area contributed by atoms with Gasteiger partial charge in [-0.25, -0.2) is 4.79 Å².